The van der Waals surface area contributed by atoms with Crippen molar-refractivity contribution in [2.24, 2.45) is 0 Å². The van der Waals surface area contributed by atoms with Crippen molar-refractivity contribution in [2.45, 2.75) is 19.6 Å². The quantitative estimate of drug-likeness (QED) is 0.0552. The van der Waals surface area contributed by atoms with Crippen LogP contribution in [0, 0.1) is 0 Å². The number of hydrogen-bond acceptors (Lipinski definition) is 1. The van der Waals surface area contributed by atoms with E-state index in [2.05, 4.69) is 535 Å². The molecule has 600 valence electrons. The highest BCUT2D eigenvalue weighted by atomic mass is 32.3. The molecule has 4 nitrogen and oxygen atoms in total. The third-order valence-corrected chi connectivity index (χ3v) is 44.8. The van der Waals surface area contributed by atoms with Crippen molar-refractivity contribution in [2.75, 3.05) is 0 Å². The zero-order chi connectivity index (χ0) is 84.3. The Bertz CT molecular complexity index is 6760. The van der Waals surface area contributed by atoms with Gasteiger partial charge in [0.2, 0.25) is 0 Å². The standard InChI is InChI=1S/C119H86N4SSi3/c1-13-44-90(45-14-1)124(91-46-15-2-16-47-91,92-48-17-3-18-49-92)93-72-76-114-108(83-93)109-84-103(125(94-50-19-4-20-51-94,95-52-21-5-22-53-95)96-54-23-6-24-55-96)73-77-115(109)122(114)118-81-88(87-42-41-43-89(80-87)121-112-70-39-37-68-106(112)107-69-38-40-71-113(107)121)82-119(120-118)123-116-78-74-104(126(97-56-25-7-26-57-97,98-58-27-8-28-59-98)99-60-29-9-30-61-99)85-110(116)111-86-105(75-79-117(111)123)127(100-62-31-10-32-63-100,101-64-33-11-34-65-101)102-66-35-12-36-67-102/h1-86H. The predicted molar refractivity (Wildman–Crippen MR) is 544 cm³/mol. The maximum atomic E-state index is 6.41. The first-order valence-corrected chi connectivity index (χ1v) is 51.4. The Kier molecular flexibility index (Phi) is 19.4. The number of rotatable bonds is 20. The largest absolute Gasteiger partial charge is 0.309 e. The van der Waals surface area contributed by atoms with Crippen molar-refractivity contribution in [1.82, 2.24) is 18.7 Å². The van der Waals surface area contributed by atoms with Crippen LogP contribution in [0.5, 0.6) is 0 Å². The van der Waals surface area contributed by atoms with E-state index in [-0.39, 0.29) is 0 Å². The Labute approximate surface area is 744 Å². The number of hydrogen-bond donors (Lipinski definition) is 0. The van der Waals surface area contributed by atoms with Crippen molar-refractivity contribution in [1.29, 1.82) is 0 Å². The first-order chi connectivity index (χ1) is 63.0. The molecule has 0 aliphatic rings. The molecule has 0 radical (unpaired) electrons. The Hall–Kier alpha value is -15.3. The van der Waals surface area contributed by atoms with Crippen molar-refractivity contribution in [3.8, 4) is 28.5 Å². The predicted octanol–water partition coefficient (Wildman–Crippen LogP) is 21.5. The molecule has 0 saturated heterocycles. The van der Waals surface area contributed by atoms with Gasteiger partial charge < -0.3 is 4.57 Å². The summed E-state index contributed by atoms with van der Waals surface area (Å²) >= 11 is 0. The minimum atomic E-state index is -3.16. The van der Waals surface area contributed by atoms with E-state index < -0.39 is 34.2 Å². The van der Waals surface area contributed by atoms with Gasteiger partial charge in [0, 0.05) is 57.6 Å². The van der Waals surface area contributed by atoms with Crippen LogP contribution in [-0.4, -0.2) is 42.9 Å². The number of pyridine rings is 1. The molecular formula is C119H86N4SSi3. The van der Waals surface area contributed by atoms with Crippen molar-refractivity contribution in [3.63, 3.8) is 0 Å². The van der Waals surface area contributed by atoms with Crippen LogP contribution in [0.2, 0.25) is 0 Å². The molecule has 0 spiro atoms. The minimum Gasteiger partial charge on any atom is -0.309 e. The molecule has 23 rings (SSSR count). The first-order valence-electron chi connectivity index (χ1n) is 43.8. The van der Waals surface area contributed by atoms with Gasteiger partial charge in [-0.1, -0.05) is 413 Å². The lowest BCUT2D eigenvalue weighted by atomic mass is 10.1. The van der Waals surface area contributed by atoms with E-state index in [9.17, 15) is 0 Å². The van der Waals surface area contributed by atoms with Gasteiger partial charge in [0.1, 0.15) is 11.6 Å². The van der Waals surface area contributed by atoms with E-state index in [1.165, 1.54) is 92.6 Å². The summed E-state index contributed by atoms with van der Waals surface area (Å²) < 4.78 is 7.46. The lowest BCUT2D eigenvalue weighted by molar-refractivity contribution is 1.01. The molecule has 0 bridgehead atoms. The van der Waals surface area contributed by atoms with E-state index in [0.717, 1.165) is 83.1 Å². The summed E-state index contributed by atoms with van der Waals surface area (Å²) in [6.45, 7) is 0. The van der Waals surface area contributed by atoms with E-state index in [0.29, 0.717) is 0 Å². The van der Waals surface area contributed by atoms with Crippen molar-refractivity contribution >= 4 is 162 Å². The van der Waals surface area contributed by atoms with E-state index in [1.54, 1.807) is 0 Å². The van der Waals surface area contributed by atoms with Crippen LogP contribution in [0.1, 0.15) is 0 Å². The number of aromatic nitrogens is 4. The second-order valence-electron chi connectivity index (χ2n) is 33.1. The molecule has 19 aromatic carbocycles. The maximum Gasteiger partial charge on any atom is 0.179 e. The van der Waals surface area contributed by atoms with Gasteiger partial charge in [-0.3, -0.25) is 9.13 Å². The average Bonchev–Trinajstić information content (AvgIpc) is 1.60. The molecule has 0 saturated carbocycles. The second-order valence-corrected chi connectivity index (χ2v) is 47.7. The Morgan fingerprint density at radius 3 is 0.709 bits per heavy atom. The molecule has 0 fully saturated rings. The van der Waals surface area contributed by atoms with Crippen LogP contribution < -0.4 is 62.2 Å². The van der Waals surface area contributed by atoms with Crippen molar-refractivity contribution in [3.05, 3.63) is 522 Å². The summed E-state index contributed by atoms with van der Waals surface area (Å²) in [7, 11) is -11.7. The zero-order valence-electron chi connectivity index (χ0n) is 69.8. The molecule has 4 heterocycles. The third-order valence-electron chi connectivity index (χ3n) is 26.6. The lowest BCUT2D eigenvalue weighted by Crippen LogP contribution is -2.74. The van der Waals surface area contributed by atoms with Gasteiger partial charge in [-0.15, -0.1) is 10.0 Å². The van der Waals surface area contributed by atoms with E-state index in [4.69, 9.17) is 4.98 Å². The second kappa shape index (κ2) is 32.1. The van der Waals surface area contributed by atoms with Crippen LogP contribution in [0.15, 0.2) is 541 Å². The van der Waals surface area contributed by atoms with Crippen LogP contribution in [0.4, 0.5) is 0 Å². The molecular weight excluding hydrogens is 1600 g/mol. The lowest BCUT2D eigenvalue weighted by Gasteiger charge is -2.42. The topological polar surface area (TPSA) is 27.7 Å². The molecule has 0 aliphatic carbocycles. The maximum absolute atomic E-state index is 6.41. The van der Waals surface area contributed by atoms with Crippen LogP contribution in [0.25, 0.3) is 93.9 Å². The summed E-state index contributed by atoms with van der Waals surface area (Å²) in [5.74, 6) is 1.58. The smallest absolute Gasteiger partial charge is 0.179 e. The minimum absolute atomic E-state index is 0.788. The molecule has 0 unspecified atom stereocenters. The molecule has 23 aromatic rings. The summed E-state index contributed by atoms with van der Waals surface area (Å²) in [5, 5.41) is 22.7. The molecule has 4 aromatic heterocycles. The highest BCUT2D eigenvalue weighted by Crippen LogP contribution is 2.73. The summed E-state index contributed by atoms with van der Waals surface area (Å²) in [5.41, 5.74) is 9.65. The van der Waals surface area contributed by atoms with Gasteiger partial charge in [0.05, 0.1) is 33.1 Å². The fourth-order valence-electron chi connectivity index (χ4n) is 21.2. The highest BCUT2D eigenvalue weighted by molar-refractivity contribution is 8.34. The Balaban J connectivity index is 0.860. The van der Waals surface area contributed by atoms with Crippen LogP contribution >= 0.6 is 10.0 Å². The van der Waals surface area contributed by atoms with Gasteiger partial charge in [0.25, 0.3) is 0 Å². The zero-order valence-corrected chi connectivity index (χ0v) is 73.7. The fourth-order valence-corrected chi connectivity index (χ4v) is 39.4. The van der Waals surface area contributed by atoms with Gasteiger partial charge in [0.15, 0.2) is 24.2 Å². The molecule has 0 amide bonds. The highest BCUT2D eigenvalue weighted by Gasteiger charge is 2.46. The van der Waals surface area contributed by atoms with E-state index >= 15 is 0 Å². The van der Waals surface area contributed by atoms with Crippen LogP contribution in [0.3, 0.4) is 0 Å². The summed E-state index contributed by atoms with van der Waals surface area (Å²) in [6.07, 6.45) is 0. The van der Waals surface area contributed by atoms with Crippen molar-refractivity contribution < 1.29 is 0 Å². The monoisotopic (exact) mass is 1690 g/mol. The van der Waals surface area contributed by atoms with E-state index in [1.807, 2.05) is 0 Å². The van der Waals surface area contributed by atoms with Crippen LogP contribution in [-0.2, 0) is 0 Å². The van der Waals surface area contributed by atoms with Gasteiger partial charge in [-0.25, -0.2) is 4.98 Å². The third kappa shape index (κ3) is 12.4. The fraction of sp³-hybridized carbons (Fsp3) is 0. The van der Waals surface area contributed by atoms with Gasteiger partial charge >= 0.3 is 0 Å². The number of benzene rings is 19. The average molecular weight is 1690 g/mol. The molecule has 0 aliphatic heterocycles. The number of nitrogens with zero attached hydrogens (tertiary/aromatic N) is 4. The molecule has 0 atom stereocenters. The molecule has 127 heavy (non-hydrogen) atoms. The number of fused-ring (bicyclic) bond motifs is 9. The molecule has 8 heteroatoms. The summed E-state index contributed by atoms with van der Waals surface area (Å²) in [4.78, 5) is 11.4. The van der Waals surface area contributed by atoms with Gasteiger partial charge in [-0.2, -0.15) is 0 Å². The van der Waals surface area contributed by atoms with Gasteiger partial charge in [-0.05, 0) is 183 Å². The SMILES string of the molecule is c1ccc([Si](c2ccccc2)(c2ccccc2)c2ccc3c(c2)c2cc([Si](c4ccccc4)(c4ccccc4)c4ccccc4)ccc2n3-c2cc(-c3cccc(-n4c5ccccc5c5ccccc54)c3)cc(-n3c4ccc([Si](c5ccccc5)(c5ccccc5)c5ccccc5)cc4c4cc(S(c5ccccc5)(c5ccccc5)c5ccccc5)ccc43)n2)cc1. The summed E-state index contributed by atoms with van der Waals surface area (Å²) in [6, 6.07) is 198. The Morgan fingerprint density at radius 2 is 0.409 bits per heavy atom. The normalized spacial score (nSPS) is 12.2. The molecule has 0 N–H and O–H groups in total. The number of para-hydroxylation sites is 2. The first kappa shape index (κ1) is 76.6. The Morgan fingerprint density at radius 1 is 0.157 bits per heavy atom.